The molecule has 10 heteroatoms. The molecule has 4 aromatic rings. The van der Waals surface area contributed by atoms with Crippen molar-refractivity contribution >= 4 is 22.8 Å². The van der Waals surface area contributed by atoms with Crippen molar-refractivity contribution in [2.24, 2.45) is 0 Å². The molecule has 5 rings (SSSR count). The zero-order valence-electron chi connectivity index (χ0n) is 18.5. The summed E-state index contributed by atoms with van der Waals surface area (Å²) in [7, 11) is 0. The van der Waals surface area contributed by atoms with Gasteiger partial charge >= 0.3 is 0 Å². The van der Waals surface area contributed by atoms with Gasteiger partial charge in [-0.15, -0.1) is 0 Å². The summed E-state index contributed by atoms with van der Waals surface area (Å²) in [4.78, 5) is 32.2. The van der Waals surface area contributed by atoms with Crippen molar-refractivity contribution < 1.29 is 13.6 Å². The van der Waals surface area contributed by atoms with E-state index in [-0.39, 0.29) is 29.6 Å². The van der Waals surface area contributed by atoms with E-state index in [0.29, 0.717) is 28.6 Å². The predicted octanol–water partition coefficient (Wildman–Crippen LogP) is 4.15. The van der Waals surface area contributed by atoms with Gasteiger partial charge in [-0.1, -0.05) is 0 Å². The summed E-state index contributed by atoms with van der Waals surface area (Å²) in [6.45, 7) is 1.84. The van der Waals surface area contributed by atoms with Crippen LogP contribution >= 0.6 is 0 Å². The molecular formula is C24H23F2N7O. The predicted molar refractivity (Wildman–Crippen MR) is 123 cm³/mol. The molecule has 34 heavy (non-hydrogen) atoms. The van der Waals surface area contributed by atoms with Crippen molar-refractivity contribution in [3.63, 3.8) is 0 Å². The number of halogens is 2. The van der Waals surface area contributed by atoms with Crippen LogP contribution in [0.4, 0.5) is 14.6 Å². The second kappa shape index (κ2) is 9.12. The molecule has 0 aromatic carbocycles. The molecular weight excluding hydrogens is 440 g/mol. The zero-order chi connectivity index (χ0) is 23.7. The highest BCUT2D eigenvalue weighted by atomic mass is 19.1. The standard InChI is InChI=1S/C24H23F2N7O/c1-13-7-14(5-6-27-13)24(34)32-17-4-2-3-16(9-17)31-23-20(26)12-30-22(33-23)19-11-29-21-18(19)8-15(25)10-28-21/h5-8,10-12,16-17H,2-4,9H2,1H3,(H,28,29)(H,32,34)(H,30,31,33)/t16-,17+/m1/s1. The van der Waals surface area contributed by atoms with E-state index >= 15 is 0 Å². The van der Waals surface area contributed by atoms with E-state index in [2.05, 4.69) is 35.6 Å². The van der Waals surface area contributed by atoms with Crippen LogP contribution in [0.25, 0.3) is 22.4 Å². The number of pyridine rings is 2. The number of carbonyl (C=O) groups is 1. The van der Waals surface area contributed by atoms with Crippen LogP contribution in [-0.4, -0.2) is 42.9 Å². The lowest BCUT2D eigenvalue weighted by Gasteiger charge is -2.30. The maximum atomic E-state index is 14.6. The number of carbonyl (C=O) groups excluding carboxylic acids is 1. The highest BCUT2D eigenvalue weighted by Crippen LogP contribution is 2.28. The average molecular weight is 463 g/mol. The molecule has 4 heterocycles. The molecule has 0 unspecified atom stereocenters. The van der Waals surface area contributed by atoms with E-state index in [9.17, 15) is 13.6 Å². The van der Waals surface area contributed by atoms with Gasteiger partial charge in [0.1, 0.15) is 11.5 Å². The Kier molecular flexibility index (Phi) is 5.87. The number of aromatic amines is 1. The quantitative estimate of drug-likeness (QED) is 0.410. The molecule has 174 valence electrons. The lowest BCUT2D eigenvalue weighted by atomic mass is 9.90. The molecule has 2 atom stereocenters. The normalized spacial score (nSPS) is 18.1. The summed E-state index contributed by atoms with van der Waals surface area (Å²) in [6, 6.07) is 4.66. The third-order valence-corrected chi connectivity index (χ3v) is 5.99. The fourth-order valence-corrected chi connectivity index (χ4v) is 4.36. The number of aromatic nitrogens is 5. The number of nitrogens with zero attached hydrogens (tertiary/aromatic N) is 4. The van der Waals surface area contributed by atoms with Crippen molar-refractivity contribution in [2.45, 2.75) is 44.7 Å². The molecule has 0 spiro atoms. The Morgan fingerprint density at radius 2 is 1.97 bits per heavy atom. The molecule has 0 aliphatic heterocycles. The molecule has 4 aromatic heterocycles. The number of rotatable bonds is 5. The molecule has 1 saturated carbocycles. The van der Waals surface area contributed by atoms with Crippen LogP contribution in [0.15, 0.2) is 43.0 Å². The highest BCUT2D eigenvalue weighted by molar-refractivity contribution is 5.94. The molecule has 0 bridgehead atoms. The topological polar surface area (TPSA) is 108 Å². The van der Waals surface area contributed by atoms with Crippen molar-refractivity contribution in [1.29, 1.82) is 0 Å². The Morgan fingerprint density at radius 1 is 1.12 bits per heavy atom. The third kappa shape index (κ3) is 4.57. The van der Waals surface area contributed by atoms with E-state index in [4.69, 9.17) is 0 Å². The van der Waals surface area contributed by atoms with Gasteiger partial charge in [-0.3, -0.25) is 9.78 Å². The lowest BCUT2D eigenvalue weighted by molar-refractivity contribution is 0.0926. The van der Waals surface area contributed by atoms with Crippen LogP contribution in [0.3, 0.4) is 0 Å². The molecule has 0 saturated heterocycles. The number of H-pyrrole nitrogens is 1. The summed E-state index contributed by atoms with van der Waals surface area (Å²) in [5, 5.41) is 6.77. The Morgan fingerprint density at radius 3 is 2.82 bits per heavy atom. The Hall–Kier alpha value is -3.95. The van der Waals surface area contributed by atoms with Gasteiger partial charge in [-0.25, -0.2) is 23.7 Å². The van der Waals surface area contributed by atoms with Gasteiger partial charge in [0.25, 0.3) is 5.91 Å². The number of hydrogen-bond acceptors (Lipinski definition) is 6. The van der Waals surface area contributed by atoms with E-state index in [1.807, 2.05) is 6.92 Å². The van der Waals surface area contributed by atoms with Crippen LogP contribution < -0.4 is 10.6 Å². The second-order valence-electron chi connectivity index (χ2n) is 8.51. The summed E-state index contributed by atoms with van der Waals surface area (Å²) in [6.07, 6.45) is 8.65. The van der Waals surface area contributed by atoms with Gasteiger partial charge in [-0.05, 0) is 50.8 Å². The smallest absolute Gasteiger partial charge is 0.251 e. The Balaban J connectivity index is 1.31. The fraction of sp³-hybridized carbons (Fsp3) is 0.292. The summed E-state index contributed by atoms with van der Waals surface area (Å²) in [5.74, 6) is -0.870. The van der Waals surface area contributed by atoms with Crippen LogP contribution in [0.1, 0.15) is 41.7 Å². The number of fused-ring (bicyclic) bond motifs is 1. The molecule has 0 radical (unpaired) electrons. The first-order valence-electron chi connectivity index (χ1n) is 11.1. The number of anilines is 1. The molecule has 8 nitrogen and oxygen atoms in total. The fourth-order valence-electron chi connectivity index (χ4n) is 4.36. The molecule has 1 aliphatic rings. The monoisotopic (exact) mass is 463 g/mol. The zero-order valence-corrected chi connectivity index (χ0v) is 18.5. The second-order valence-corrected chi connectivity index (χ2v) is 8.51. The van der Waals surface area contributed by atoms with E-state index < -0.39 is 11.6 Å². The van der Waals surface area contributed by atoms with Crippen LogP contribution in [0.2, 0.25) is 0 Å². The van der Waals surface area contributed by atoms with Crippen molar-refractivity contribution in [3.8, 4) is 11.4 Å². The number of hydrogen-bond donors (Lipinski definition) is 3. The minimum Gasteiger partial charge on any atom is -0.365 e. The largest absolute Gasteiger partial charge is 0.365 e. The van der Waals surface area contributed by atoms with Gasteiger partial charge in [0.05, 0.1) is 12.4 Å². The minimum absolute atomic E-state index is 0.0424. The van der Waals surface area contributed by atoms with Gasteiger partial charge in [0, 0.05) is 46.7 Å². The Labute approximate surface area is 194 Å². The molecule has 1 fully saturated rings. The van der Waals surface area contributed by atoms with E-state index in [0.717, 1.165) is 37.4 Å². The van der Waals surface area contributed by atoms with Crippen molar-refractivity contribution in [1.82, 2.24) is 30.2 Å². The summed E-state index contributed by atoms with van der Waals surface area (Å²) >= 11 is 0. The highest BCUT2D eigenvalue weighted by Gasteiger charge is 2.25. The first-order chi connectivity index (χ1) is 16.5. The first-order valence-corrected chi connectivity index (χ1v) is 11.1. The third-order valence-electron chi connectivity index (χ3n) is 5.99. The van der Waals surface area contributed by atoms with Crippen molar-refractivity contribution in [2.75, 3.05) is 5.32 Å². The lowest BCUT2D eigenvalue weighted by Crippen LogP contribution is -2.42. The van der Waals surface area contributed by atoms with Crippen LogP contribution in [0, 0.1) is 18.6 Å². The summed E-state index contributed by atoms with van der Waals surface area (Å²) < 4.78 is 28.3. The number of amides is 1. The maximum Gasteiger partial charge on any atom is 0.251 e. The van der Waals surface area contributed by atoms with Crippen molar-refractivity contribution in [3.05, 3.63) is 65.9 Å². The van der Waals surface area contributed by atoms with E-state index in [1.54, 1.807) is 24.5 Å². The van der Waals surface area contributed by atoms with Gasteiger partial charge in [0.15, 0.2) is 17.5 Å². The Bertz CT molecular complexity index is 1360. The van der Waals surface area contributed by atoms with Crippen LogP contribution in [-0.2, 0) is 0 Å². The van der Waals surface area contributed by atoms with Gasteiger partial charge in [-0.2, -0.15) is 0 Å². The number of aryl methyl sites for hydroxylation is 1. The maximum absolute atomic E-state index is 14.6. The molecule has 1 amide bonds. The SMILES string of the molecule is Cc1cc(C(=O)N[C@H]2CCC[C@@H](Nc3nc(-c4c[nH]c5ncc(F)cc45)ncc3F)C2)ccn1. The molecule has 1 aliphatic carbocycles. The first kappa shape index (κ1) is 21.9. The van der Waals surface area contributed by atoms with Gasteiger partial charge < -0.3 is 15.6 Å². The number of nitrogens with one attached hydrogen (secondary N) is 3. The van der Waals surface area contributed by atoms with Gasteiger partial charge in [0.2, 0.25) is 0 Å². The summed E-state index contributed by atoms with van der Waals surface area (Å²) in [5.41, 5.74) is 2.37. The minimum atomic E-state index is -0.577. The van der Waals surface area contributed by atoms with E-state index in [1.165, 1.54) is 6.07 Å². The average Bonchev–Trinajstić information content (AvgIpc) is 3.24. The van der Waals surface area contributed by atoms with Crippen LogP contribution in [0.5, 0.6) is 0 Å². The molecule has 3 N–H and O–H groups in total.